The molecule has 3 nitrogen and oxygen atoms in total. The first kappa shape index (κ1) is 13.7. The van der Waals surface area contributed by atoms with Crippen LogP contribution < -0.4 is 5.73 Å². The first-order chi connectivity index (χ1) is 7.54. The number of hydrogen-bond acceptors (Lipinski definition) is 3. The van der Waals surface area contributed by atoms with Crippen LogP contribution in [0, 0.1) is 0 Å². The fourth-order valence-electron chi connectivity index (χ4n) is 1.33. The standard InChI is InChI=1S/C11H13Br2NO2/c1-16-11(15)5-4-10(14)8-6-7(12)2-3-9(8)13/h2-3,6,10H,4-5,14H2,1H3. The molecule has 2 N–H and O–H groups in total. The third kappa shape index (κ3) is 3.88. The Morgan fingerprint density at radius 2 is 2.19 bits per heavy atom. The molecule has 0 radical (unpaired) electrons. The summed E-state index contributed by atoms with van der Waals surface area (Å²) in [5.74, 6) is -0.235. The monoisotopic (exact) mass is 349 g/mol. The van der Waals surface area contributed by atoms with Crippen molar-refractivity contribution in [3.63, 3.8) is 0 Å². The number of nitrogens with two attached hydrogens (primary N) is 1. The molecule has 0 fully saturated rings. The molecular formula is C11H13Br2NO2. The molecule has 1 aromatic carbocycles. The molecule has 0 spiro atoms. The van der Waals surface area contributed by atoms with Crippen molar-refractivity contribution in [2.75, 3.05) is 7.11 Å². The van der Waals surface area contributed by atoms with E-state index in [1.807, 2.05) is 18.2 Å². The van der Waals surface area contributed by atoms with E-state index >= 15 is 0 Å². The number of carbonyl (C=O) groups is 1. The Labute approximate surface area is 112 Å². The minimum atomic E-state index is -0.235. The van der Waals surface area contributed by atoms with Crippen LogP contribution in [-0.4, -0.2) is 13.1 Å². The van der Waals surface area contributed by atoms with Gasteiger partial charge in [-0.1, -0.05) is 31.9 Å². The second kappa shape index (κ2) is 6.37. The molecule has 0 saturated heterocycles. The Morgan fingerprint density at radius 1 is 1.50 bits per heavy atom. The van der Waals surface area contributed by atoms with Gasteiger partial charge in [-0.25, -0.2) is 0 Å². The molecule has 88 valence electrons. The van der Waals surface area contributed by atoms with Crippen LogP contribution in [0.25, 0.3) is 0 Å². The highest BCUT2D eigenvalue weighted by atomic mass is 79.9. The average Bonchev–Trinajstić information content (AvgIpc) is 2.28. The molecule has 0 aromatic heterocycles. The van der Waals surface area contributed by atoms with Crippen molar-refractivity contribution in [2.45, 2.75) is 18.9 Å². The molecule has 1 unspecified atom stereocenters. The van der Waals surface area contributed by atoms with Gasteiger partial charge in [-0.15, -0.1) is 0 Å². The fourth-order valence-corrected chi connectivity index (χ4v) is 2.25. The summed E-state index contributed by atoms with van der Waals surface area (Å²) in [6.07, 6.45) is 0.901. The first-order valence-electron chi connectivity index (χ1n) is 4.82. The largest absolute Gasteiger partial charge is 0.469 e. The lowest BCUT2D eigenvalue weighted by molar-refractivity contribution is -0.140. The number of ether oxygens (including phenoxy) is 1. The number of hydrogen-bond donors (Lipinski definition) is 1. The van der Waals surface area contributed by atoms with Crippen LogP contribution in [0.1, 0.15) is 24.4 Å². The molecule has 1 rings (SSSR count). The zero-order valence-corrected chi connectivity index (χ0v) is 12.0. The molecule has 0 aliphatic rings. The molecule has 0 aliphatic carbocycles. The van der Waals surface area contributed by atoms with Crippen LogP contribution in [0.15, 0.2) is 27.1 Å². The maximum absolute atomic E-state index is 11.0. The minimum Gasteiger partial charge on any atom is -0.469 e. The lowest BCUT2D eigenvalue weighted by atomic mass is 10.0. The molecule has 0 saturated carbocycles. The van der Waals surface area contributed by atoms with Crippen LogP contribution >= 0.6 is 31.9 Å². The average molecular weight is 351 g/mol. The second-order valence-corrected chi connectivity index (χ2v) is 5.16. The molecule has 16 heavy (non-hydrogen) atoms. The summed E-state index contributed by atoms with van der Waals surface area (Å²) in [5.41, 5.74) is 6.99. The van der Waals surface area contributed by atoms with E-state index < -0.39 is 0 Å². The summed E-state index contributed by atoms with van der Waals surface area (Å²) < 4.78 is 6.50. The topological polar surface area (TPSA) is 52.3 Å². The minimum absolute atomic E-state index is 0.175. The fraction of sp³-hybridized carbons (Fsp3) is 0.364. The highest BCUT2D eigenvalue weighted by Gasteiger charge is 2.12. The first-order valence-corrected chi connectivity index (χ1v) is 6.40. The summed E-state index contributed by atoms with van der Waals surface area (Å²) >= 11 is 6.83. The van der Waals surface area contributed by atoms with Crippen molar-refractivity contribution < 1.29 is 9.53 Å². The Balaban J connectivity index is 2.68. The van der Waals surface area contributed by atoms with E-state index in [2.05, 4.69) is 36.6 Å². The number of benzene rings is 1. The van der Waals surface area contributed by atoms with Gasteiger partial charge in [0.2, 0.25) is 0 Å². The number of carbonyl (C=O) groups excluding carboxylic acids is 1. The van der Waals surface area contributed by atoms with Crippen molar-refractivity contribution in [1.82, 2.24) is 0 Å². The van der Waals surface area contributed by atoms with Gasteiger partial charge in [0, 0.05) is 21.4 Å². The van der Waals surface area contributed by atoms with E-state index in [1.54, 1.807) is 0 Å². The zero-order valence-electron chi connectivity index (χ0n) is 8.87. The van der Waals surface area contributed by atoms with E-state index in [4.69, 9.17) is 5.73 Å². The maximum Gasteiger partial charge on any atom is 0.305 e. The van der Waals surface area contributed by atoms with Gasteiger partial charge in [0.1, 0.15) is 0 Å². The Hall–Kier alpha value is -0.390. The van der Waals surface area contributed by atoms with E-state index in [9.17, 15) is 4.79 Å². The highest BCUT2D eigenvalue weighted by Crippen LogP contribution is 2.28. The normalized spacial score (nSPS) is 12.2. The van der Waals surface area contributed by atoms with Gasteiger partial charge in [-0.05, 0) is 30.2 Å². The van der Waals surface area contributed by atoms with Crippen molar-refractivity contribution in [3.8, 4) is 0 Å². The highest BCUT2D eigenvalue weighted by molar-refractivity contribution is 9.11. The molecule has 0 amide bonds. The summed E-state index contributed by atoms with van der Waals surface area (Å²) in [6.45, 7) is 0. The summed E-state index contributed by atoms with van der Waals surface area (Å²) in [4.78, 5) is 11.0. The van der Waals surface area contributed by atoms with Crippen LogP contribution in [-0.2, 0) is 9.53 Å². The quantitative estimate of drug-likeness (QED) is 0.848. The molecule has 0 bridgehead atoms. The lowest BCUT2D eigenvalue weighted by Gasteiger charge is -2.13. The second-order valence-electron chi connectivity index (χ2n) is 3.39. The number of esters is 1. The molecular weight excluding hydrogens is 338 g/mol. The van der Waals surface area contributed by atoms with Gasteiger partial charge in [0.15, 0.2) is 0 Å². The van der Waals surface area contributed by atoms with Crippen molar-refractivity contribution in [2.24, 2.45) is 5.73 Å². The Bertz CT molecular complexity index is 382. The van der Waals surface area contributed by atoms with Crippen LogP contribution in [0.2, 0.25) is 0 Å². The summed E-state index contributed by atoms with van der Waals surface area (Å²) in [6, 6.07) is 5.63. The third-order valence-electron chi connectivity index (χ3n) is 2.24. The predicted octanol–water partition coefficient (Wildman–Crippen LogP) is 3.16. The number of methoxy groups -OCH3 is 1. The van der Waals surface area contributed by atoms with E-state index in [-0.39, 0.29) is 12.0 Å². The van der Waals surface area contributed by atoms with Gasteiger partial charge in [-0.3, -0.25) is 4.79 Å². The van der Waals surface area contributed by atoms with Crippen molar-refractivity contribution in [3.05, 3.63) is 32.7 Å². The molecule has 5 heteroatoms. The van der Waals surface area contributed by atoms with Crippen LogP contribution in [0.5, 0.6) is 0 Å². The Morgan fingerprint density at radius 3 is 2.81 bits per heavy atom. The van der Waals surface area contributed by atoms with Crippen LogP contribution in [0.3, 0.4) is 0 Å². The molecule has 0 aliphatic heterocycles. The third-order valence-corrected chi connectivity index (χ3v) is 3.46. The van der Waals surface area contributed by atoms with Gasteiger partial charge in [0.05, 0.1) is 7.11 Å². The van der Waals surface area contributed by atoms with Crippen molar-refractivity contribution >= 4 is 37.8 Å². The van der Waals surface area contributed by atoms with E-state index in [1.165, 1.54) is 7.11 Å². The number of rotatable bonds is 4. The zero-order chi connectivity index (χ0) is 12.1. The van der Waals surface area contributed by atoms with Crippen LogP contribution in [0.4, 0.5) is 0 Å². The molecule has 1 atom stereocenters. The van der Waals surface area contributed by atoms with Crippen molar-refractivity contribution in [1.29, 1.82) is 0 Å². The Kier molecular flexibility index (Phi) is 5.44. The summed E-state index contributed by atoms with van der Waals surface area (Å²) in [7, 11) is 1.38. The van der Waals surface area contributed by atoms with Gasteiger partial charge < -0.3 is 10.5 Å². The molecule has 0 heterocycles. The summed E-state index contributed by atoms with van der Waals surface area (Å²) in [5, 5.41) is 0. The van der Waals surface area contributed by atoms with Gasteiger partial charge in [0.25, 0.3) is 0 Å². The van der Waals surface area contributed by atoms with E-state index in [0.29, 0.717) is 12.8 Å². The molecule has 1 aromatic rings. The SMILES string of the molecule is COC(=O)CCC(N)c1cc(Br)ccc1Br. The van der Waals surface area contributed by atoms with E-state index in [0.717, 1.165) is 14.5 Å². The van der Waals surface area contributed by atoms with Gasteiger partial charge >= 0.3 is 5.97 Å². The predicted molar refractivity (Wildman–Crippen MR) is 70.0 cm³/mol. The maximum atomic E-state index is 11.0. The smallest absolute Gasteiger partial charge is 0.305 e. The van der Waals surface area contributed by atoms with Gasteiger partial charge in [-0.2, -0.15) is 0 Å². The number of halogens is 2. The lowest BCUT2D eigenvalue weighted by Crippen LogP contribution is -2.13.